The van der Waals surface area contributed by atoms with Crippen molar-refractivity contribution in [3.63, 3.8) is 0 Å². The Hall–Kier alpha value is -2.40. The largest absolute Gasteiger partial charge is 0.497 e. The molecule has 0 saturated heterocycles. The van der Waals surface area contributed by atoms with Crippen molar-refractivity contribution in [2.45, 2.75) is 50.9 Å². The molecule has 160 valence electrons. The minimum Gasteiger partial charge on any atom is -0.497 e. The fraction of sp³-hybridized carbons (Fsp3) is 0.462. The fourth-order valence-electron chi connectivity index (χ4n) is 7.09. The van der Waals surface area contributed by atoms with Gasteiger partial charge in [0.05, 0.1) is 22.7 Å². The number of benzene rings is 2. The normalized spacial score (nSPS) is 31.2. The Morgan fingerprint density at radius 3 is 2.55 bits per heavy atom. The van der Waals surface area contributed by atoms with Crippen LogP contribution in [0.3, 0.4) is 0 Å². The van der Waals surface area contributed by atoms with E-state index in [0.29, 0.717) is 17.0 Å². The van der Waals surface area contributed by atoms with Gasteiger partial charge in [0.25, 0.3) is 0 Å². The summed E-state index contributed by atoms with van der Waals surface area (Å²) in [5.41, 5.74) is 3.55. The van der Waals surface area contributed by atoms with Crippen molar-refractivity contribution >= 4 is 32.6 Å². The lowest BCUT2D eigenvalue weighted by Crippen LogP contribution is -2.57. The summed E-state index contributed by atoms with van der Waals surface area (Å²) in [5, 5.41) is 3.93. The van der Waals surface area contributed by atoms with Crippen molar-refractivity contribution in [1.82, 2.24) is 4.98 Å². The van der Waals surface area contributed by atoms with E-state index in [1.54, 1.807) is 7.11 Å². The number of aryl methyl sites for hydroxylation is 1. The molecule has 4 bridgehead atoms. The van der Waals surface area contributed by atoms with Crippen molar-refractivity contribution in [2.24, 2.45) is 17.3 Å². The molecule has 1 amide bonds. The highest BCUT2D eigenvalue weighted by molar-refractivity contribution is 7.22. The van der Waals surface area contributed by atoms with Gasteiger partial charge in [-0.2, -0.15) is 0 Å². The first kappa shape index (κ1) is 19.3. The van der Waals surface area contributed by atoms with Crippen LogP contribution in [0.5, 0.6) is 5.75 Å². The van der Waals surface area contributed by atoms with Gasteiger partial charge in [0, 0.05) is 0 Å². The highest BCUT2D eigenvalue weighted by Crippen LogP contribution is 2.66. The van der Waals surface area contributed by atoms with Gasteiger partial charge in [-0.1, -0.05) is 41.2 Å². The summed E-state index contributed by atoms with van der Waals surface area (Å²) in [5.74, 6) is 2.32. The number of ether oxygens (including phenoxy) is 1. The third kappa shape index (κ3) is 3.08. The van der Waals surface area contributed by atoms with Crippen LogP contribution in [-0.4, -0.2) is 18.0 Å². The third-order valence-corrected chi connectivity index (χ3v) is 8.96. The maximum Gasteiger partial charge on any atom is 0.232 e. The summed E-state index contributed by atoms with van der Waals surface area (Å²) in [7, 11) is 1.67. The number of carbonyl (C=O) groups is 1. The fourth-order valence-corrected chi connectivity index (χ4v) is 7.98. The predicted molar refractivity (Wildman–Crippen MR) is 125 cm³/mol. The van der Waals surface area contributed by atoms with Crippen LogP contribution in [0.2, 0.25) is 0 Å². The summed E-state index contributed by atoms with van der Waals surface area (Å²) in [6, 6.07) is 14.9. The van der Waals surface area contributed by atoms with Crippen LogP contribution in [-0.2, 0) is 10.2 Å². The average molecular weight is 433 g/mol. The molecule has 3 aromatic rings. The molecule has 4 nitrogen and oxygen atoms in total. The summed E-state index contributed by atoms with van der Waals surface area (Å²) >= 11 is 1.53. The van der Waals surface area contributed by atoms with Gasteiger partial charge in [-0.05, 0) is 86.5 Å². The van der Waals surface area contributed by atoms with Crippen molar-refractivity contribution in [3.05, 3.63) is 53.6 Å². The molecule has 1 aromatic heterocycles. The quantitative estimate of drug-likeness (QED) is 0.543. The summed E-state index contributed by atoms with van der Waals surface area (Å²) in [4.78, 5) is 18.4. The number of aromatic nitrogens is 1. The highest BCUT2D eigenvalue weighted by atomic mass is 32.1. The molecule has 0 radical (unpaired) electrons. The van der Waals surface area contributed by atoms with Gasteiger partial charge in [-0.3, -0.25) is 4.79 Å². The molecule has 4 saturated carbocycles. The van der Waals surface area contributed by atoms with E-state index in [-0.39, 0.29) is 16.7 Å². The lowest BCUT2D eigenvalue weighted by atomic mass is 9.42. The van der Waals surface area contributed by atoms with E-state index >= 15 is 0 Å². The number of amides is 1. The van der Waals surface area contributed by atoms with Gasteiger partial charge < -0.3 is 10.1 Å². The topological polar surface area (TPSA) is 51.2 Å². The molecule has 4 aliphatic rings. The zero-order valence-electron chi connectivity index (χ0n) is 18.1. The number of hydrogen-bond acceptors (Lipinski definition) is 4. The molecule has 4 aliphatic carbocycles. The first-order chi connectivity index (χ1) is 15.0. The molecule has 2 unspecified atom stereocenters. The molecule has 2 atom stereocenters. The predicted octanol–water partition coefficient (Wildman–Crippen LogP) is 6.09. The minimum absolute atomic E-state index is 0.163. The van der Waals surface area contributed by atoms with E-state index in [9.17, 15) is 4.79 Å². The molecule has 1 heterocycles. The Balaban J connectivity index is 1.31. The van der Waals surface area contributed by atoms with Crippen LogP contribution < -0.4 is 10.1 Å². The van der Waals surface area contributed by atoms with Crippen LogP contribution >= 0.6 is 11.3 Å². The van der Waals surface area contributed by atoms with Crippen LogP contribution in [0, 0.1) is 24.2 Å². The Morgan fingerprint density at radius 2 is 1.84 bits per heavy atom. The van der Waals surface area contributed by atoms with E-state index in [2.05, 4.69) is 41.5 Å². The van der Waals surface area contributed by atoms with Gasteiger partial charge in [0.2, 0.25) is 5.91 Å². The number of fused-ring (bicyclic) bond motifs is 1. The second-order valence-corrected chi connectivity index (χ2v) is 11.2. The lowest BCUT2D eigenvalue weighted by Gasteiger charge is -2.61. The highest BCUT2D eigenvalue weighted by Gasteiger charge is 2.61. The number of hydrogen-bond donors (Lipinski definition) is 1. The number of carbonyl (C=O) groups excluding carboxylic acids is 1. The molecular formula is C26H28N2O2S. The minimum atomic E-state index is -0.259. The Morgan fingerprint density at radius 1 is 1.10 bits per heavy atom. The van der Waals surface area contributed by atoms with Crippen molar-refractivity contribution in [1.29, 1.82) is 0 Å². The van der Waals surface area contributed by atoms with Crippen molar-refractivity contribution in [3.8, 4) is 5.75 Å². The Kier molecular flexibility index (Phi) is 4.23. The molecule has 7 rings (SSSR count). The lowest BCUT2D eigenvalue weighted by molar-refractivity contribution is -0.143. The third-order valence-electron chi connectivity index (χ3n) is 8.02. The SMILES string of the molecule is COc1ccc2nc(NC(=O)C34CC5CC(C3)CC(c3ccc(C)cc3)(C5)C4)sc2c1. The molecule has 1 N–H and O–H groups in total. The Bertz CT molecular complexity index is 1150. The smallest absolute Gasteiger partial charge is 0.232 e. The molecule has 2 aromatic carbocycles. The van der Waals surface area contributed by atoms with Crippen molar-refractivity contribution in [2.75, 3.05) is 12.4 Å². The first-order valence-corrected chi connectivity index (χ1v) is 12.1. The summed E-state index contributed by atoms with van der Waals surface area (Å²) < 4.78 is 6.37. The summed E-state index contributed by atoms with van der Waals surface area (Å²) in [6.45, 7) is 2.14. The first-order valence-electron chi connectivity index (χ1n) is 11.3. The van der Waals surface area contributed by atoms with Gasteiger partial charge in [-0.15, -0.1) is 0 Å². The van der Waals surface area contributed by atoms with Gasteiger partial charge >= 0.3 is 0 Å². The van der Waals surface area contributed by atoms with Gasteiger partial charge in [0.1, 0.15) is 5.75 Å². The monoisotopic (exact) mass is 432 g/mol. The number of methoxy groups -OCH3 is 1. The number of anilines is 1. The van der Waals surface area contributed by atoms with E-state index in [1.807, 2.05) is 18.2 Å². The number of nitrogens with one attached hydrogen (secondary N) is 1. The molecule has 4 fully saturated rings. The number of rotatable bonds is 4. The number of thiazole rings is 1. The summed E-state index contributed by atoms with van der Waals surface area (Å²) in [6.07, 6.45) is 6.80. The Labute approximate surface area is 187 Å². The maximum absolute atomic E-state index is 13.7. The van der Waals surface area contributed by atoms with E-state index < -0.39 is 0 Å². The molecule has 31 heavy (non-hydrogen) atoms. The van der Waals surface area contributed by atoms with E-state index in [0.717, 1.165) is 35.2 Å². The van der Waals surface area contributed by atoms with E-state index in [1.165, 1.54) is 41.7 Å². The zero-order valence-corrected chi connectivity index (χ0v) is 18.9. The molecule has 5 heteroatoms. The average Bonchev–Trinajstić information content (AvgIpc) is 3.14. The maximum atomic E-state index is 13.7. The van der Waals surface area contributed by atoms with Crippen LogP contribution in [0.4, 0.5) is 5.13 Å². The van der Waals surface area contributed by atoms with Crippen molar-refractivity contribution < 1.29 is 9.53 Å². The van der Waals surface area contributed by atoms with Crippen LogP contribution in [0.15, 0.2) is 42.5 Å². The van der Waals surface area contributed by atoms with E-state index in [4.69, 9.17) is 4.74 Å². The standard InChI is InChI=1S/C26H28N2O2S/c1-16-3-5-19(6-4-16)25-11-17-9-18(12-25)14-26(13-17,15-25)23(29)28-24-27-21-8-7-20(30-2)10-22(21)31-24/h3-8,10,17-18H,9,11-15H2,1-2H3,(H,27,28,29). The number of nitrogens with zero attached hydrogens (tertiary/aromatic N) is 1. The van der Waals surface area contributed by atoms with Crippen LogP contribution in [0.1, 0.15) is 49.7 Å². The molecular weight excluding hydrogens is 404 g/mol. The molecule has 0 spiro atoms. The molecule has 0 aliphatic heterocycles. The van der Waals surface area contributed by atoms with Gasteiger partial charge in [0.15, 0.2) is 5.13 Å². The zero-order chi connectivity index (χ0) is 21.2. The van der Waals surface area contributed by atoms with Gasteiger partial charge in [-0.25, -0.2) is 4.98 Å². The second kappa shape index (κ2) is 6.80. The van der Waals surface area contributed by atoms with Crippen LogP contribution in [0.25, 0.3) is 10.2 Å². The second-order valence-electron chi connectivity index (χ2n) is 10.2.